The number of benzene rings is 1. The Bertz CT molecular complexity index is 862. The second-order valence-electron chi connectivity index (χ2n) is 6.21. The first-order valence-electron chi connectivity index (χ1n) is 8.58. The topological polar surface area (TPSA) is 92.3 Å². The first-order valence-corrected chi connectivity index (χ1v) is 9.40. The maximum atomic E-state index is 12.4. The van der Waals surface area contributed by atoms with E-state index in [9.17, 15) is 14.4 Å². The van der Waals surface area contributed by atoms with Gasteiger partial charge in [0.15, 0.2) is 0 Å². The van der Waals surface area contributed by atoms with Crippen molar-refractivity contribution in [3.05, 3.63) is 39.9 Å². The number of fused-ring (bicyclic) bond motifs is 1. The van der Waals surface area contributed by atoms with Crippen LogP contribution in [0.3, 0.4) is 0 Å². The van der Waals surface area contributed by atoms with Crippen molar-refractivity contribution >= 4 is 34.2 Å². The average Bonchev–Trinajstić information content (AvgIpc) is 3.15. The van der Waals surface area contributed by atoms with E-state index in [0.717, 1.165) is 34.7 Å². The molecule has 3 amide bonds. The van der Waals surface area contributed by atoms with Gasteiger partial charge in [-0.25, -0.2) is 0 Å². The Morgan fingerprint density at radius 1 is 1.19 bits per heavy atom. The van der Waals surface area contributed by atoms with Gasteiger partial charge in [-0.3, -0.25) is 19.3 Å². The highest BCUT2D eigenvalue weighted by Crippen LogP contribution is 2.24. The Balaban J connectivity index is 1.56. The number of nitrogens with one attached hydrogen (secondary N) is 1. The van der Waals surface area contributed by atoms with Crippen LogP contribution in [0.15, 0.2) is 18.2 Å². The lowest BCUT2D eigenvalue weighted by Crippen LogP contribution is -2.32. The lowest BCUT2D eigenvalue weighted by Gasteiger charge is -2.12. The fourth-order valence-corrected chi connectivity index (χ4v) is 3.53. The number of aromatic nitrogens is 2. The third-order valence-corrected chi connectivity index (χ3v) is 5.04. The summed E-state index contributed by atoms with van der Waals surface area (Å²) in [5, 5.41) is 12.0. The molecule has 26 heavy (non-hydrogen) atoms. The van der Waals surface area contributed by atoms with Gasteiger partial charge in [0.1, 0.15) is 5.01 Å². The van der Waals surface area contributed by atoms with E-state index in [-0.39, 0.29) is 30.7 Å². The van der Waals surface area contributed by atoms with Crippen molar-refractivity contribution in [1.29, 1.82) is 0 Å². The van der Waals surface area contributed by atoms with Crippen molar-refractivity contribution in [2.75, 3.05) is 11.9 Å². The summed E-state index contributed by atoms with van der Waals surface area (Å²) in [7, 11) is 0. The Kier molecular flexibility index (Phi) is 5.41. The number of hydrogen-bond acceptors (Lipinski definition) is 6. The number of imide groups is 1. The zero-order chi connectivity index (χ0) is 18.7. The first kappa shape index (κ1) is 18.2. The number of hydrogen-bond donors (Lipinski definition) is 1. The van der Waals surface area contributed by atoms with Gasteiger partial charge in [-0.2, -0.15) is 0 Å². The molecule has 7 nitrogen and oxygen atoms in total. The predicted molar refractivity (Wildman–Crippen MR) is 98.3 cm³/mol. The van der Waals surface area contributed by atoms with Gasteiger partial charge in [-0.1, -0.05) is 36.3 Å². The van der Waals surface area contributed by atoms with Gasteiger partial charge in [0, 0.05) is 19.4 Å². The third-order valence-electron chi connectivity index (χ3n) is 4.15. The first-order chi connectivity index (χ1) is 12.5. The van der Waals surface area contributed by atoms with Crippen molar-refractivity contribution in [2.45, 2.75) is 39.5 Å². The number of unbranched alkanes of at least 4 members (excludes halogenated alkanes) is 1. The molecule has 0 spiro atoms. The van der Waals surface area contributed by atoms with E-state index >= 15 is 0 Å². The van der Waals surface area contributed by atoms with E-state index in [4.69, 9.17) is 0 Å². The van der Waals surface area contributed by atoms with Crippen LogP contribution in [0.1, 0.15) is 57.5 Å². The van der Waals surface area contributed by atoms with Gasteiger partial charge in [-0.05, 0) is 25.5 Å². The number of carbonyl (C=O) groups excluding carboxylic acids is 3. The van der Waals surface area contributed by atoms with Crippen LogP contribution in [0.2, 0.25) is 0 Å². The minimum atomic E-state index is -0.351. The number of aryl methyl sites for hydroxylation is 2. The molecule has 0 radical (unpaired) electrons. The van der Waals surface area contributed by atoms with Crippen molar-refractivity contribution in [2.24, 2.45) is 0 Å². The minimum absolute atomic E-state index is 0.0221. The number of nitrogens with zero attached hydrogens (tertiary/aromatic N) is 3. The van der Waals surface area contributed by atoms with Crippen LogP contribution in [0.5, 0.6) is 0 Å². The molecule has 136 valence electrons. The zero-order valence-electron chi connectivity index (χ0n) is 14.7. The molecule has 0 unspecified atom stereocenters. The summed E-state index contributed by atoms with van der Waals surface area (Å²) in [6, 6.07) is 5.16. The molecule has 1 aliphatic heterocycles. The fraction of sp³-hybridized carbons (Fsp3) is 0.389. The second kappa shape index (κ2) is 7.74. The summed E-state index contributed by atoms with van der Waals surface area (Å²) < 4.78 is 0. The second-order valence-corrected chi connectivity index (χ2v) is 7.28. The number of amides is 3. The highest BCUT2D eigenvalue weighted by Gasteiger charge is 2.35. The maximum absolute atomic E-state index is 12.4. The normalized spacial score (nSPS) is 13.2. The van der Waals surface area contributed by atoms with Crippen molar-refractivity contribution in [3.63, 3.8) is 0 Å². The largest absolute Gasteiger partial charge is 0.300 e. The van der Waals surface area contributed by atoms with Gasteiger partial charge >= 0.3 is 0 Å². The maximum Gasteiger partial charge on any atom is 0.261 e. The van der Waals surface area contributed by atoms with Crippen LogP contribution in [0.4, 0.5) is 5.13 Å². The highest BCUT2D eigenvalue weighted by molar-refractivity contribution is 7.15. The zero-order valence-corrected chi connectivity index (χ0v) is 15.6. The Morgan fingerprint density at radius 2 is 1.96 bits per heavy atom. The molecule has 8 heteroatoms. The summed E-state index contributed by atoms with van der Waals surface area (Å²) in [4.78, 5) is 38.0. The van der Waals surface area contributed by atoms with E-state index in [1.165, 1.54) is 11.3 Å². The van der Waals surface area contributed by atoms with Crippen molar-refractivity contribution < 1.29 is 14.4 Å². The molecule has 2 aromatic rings. The number of rotatable bonds is 7. The van der Waals surface area contributed by atoms with E-state index in [1.54, 1.807) is 18.2 Å². The van der Waals surface area contributed by atoms with Gasteiger partial charge in [-0.15, -0.1) is 10.2 Å². The van der Waals surface area contributed by atoms with Crippen LogP contribution < -0.4 is 5.32 Å². The molecule has 0 aliphatic carbocycles. The smallest absolute Gasteiger partial charge is 0.261 e. The molecule has 1 N–H and O–H groups in total. The van der Waals surface area contributed by atoms with Crippen LogP contribution in [-0.2, 0) is 11.2 Å². The summed E-state index contributed by atoms with van der Waals surface area (Å²) in [5.41, 5.74) is 1.71. The Morgan fingerprint density at radius 3 is 2.73 bits per heavy atom. The third kappa shape index (κ3) is 3.80. The van der Waals surface area contributed by atoms with E-state index in [0.29, 0.717) is 16.3 Å². The van der Waals surface area contributed by atoms with Crippen LogP contribution in [0, 0.1) is 6.92 Å². The molecule has 0 saturated carbocycles. The van der Waals surface area contributed by atoms with Crippen molar-refractivity contribution in [1.82, 2.24) is 15.1 Å². The standard InChI is InChI=1S/C18H20N4O3S/c1-3-4-5-15-20-21-18(26-15)19-14(23)8-9-22-16(24)12-7-6-11(2)10-13(12)17(22)25/h6-7,10H,3-5,8-9H2,1-2H3,(H,19,21,23). The average molecular weight is 372 g/mol. The van der Waals surface area contributed by atoms with Crippen LogP contribution in [-0.4, -0.2) is 39.4 Å². The van der Waals surface area contributed by atoms with Crippen molar-refractivity contribution in [3.8, 4) is 0 Å². The lowest BCUT2D eigenvalue weighted by molar-refractivity contribution is -0.116. The molecule has 0 saturated heterocycles. The van der Waals surface area contributed by atoms with Gasteiger partial charge in [0.2, 0.25) is 11.0 Å². The quantitative estimate of drug-likeness (QED) is 0.755. The van der Waals surface area contributed by atoms with E-state index in [2.05, 4.69) is 22.4 Å². The summed E-state index contributed by atoms with van der Waals surface area (Å²) >= 11 is 1.35. The van der Waals surface area contributed by atoms with E-state index in [1.807, 2.05) is 6.92 Å². The number of carbonyl (C=O) groups is 3. The molecule has 0 bridgehead atoms. The monoisotopic (exact) mass is 372 g/mol. The molecule has 3 rings (SSSR count). The number of anilines is 1. The van der Waals surface area contributed by atoms with Crippen LogP contribution >= 0.6 is 11.3 Å². The predicted octanol–water partition coefficient (Wildman–Crippen LogP) is 2.81. The van der Waals surface area contributed by atoms with Crippen LogP contribution in [0.25, 0.3) is 0 Å². The lowest BCUT2D eigenvalue weighted by atomic mass is 10.1. The summed E-state index contributed by atoms with van der Waals surface area (Å²) in [6.07, 6.45) is 2.97. The van der Waals surface area contributed by atoms with Gasteiger partial charge < -0.3 is 5.32 Å². The molecule has 0 atom stereocenters. The Hall–Kier alpha value is -2.61. The molecular formula is C18H20N4O3S. The van der Waals surface area contributed by atoms with E-state index < -0.39 is 0 Å². The molecule has 1 aromatic heterocycles. The summed E-state index contributed by atoms with van der Waals surface area (Å²) in [6.45, 7) is 4.01. The molecule has 1 aromatic carbocycles. The molecular weight excluding hydrogens is 352 g/mol. The van der Waals surface area contributed by atoms with Gasteiger partial charge in [0.25, 0.3) is 11.8 Å². The molecule has 2 heterocycles. The summed E-state index contributed by atoms with van der Waals surface area (Å²) in [5.74, 6) is -0.995. The SMILES string of the molecule is CCCCc1nnc(NC(=O)CCN2C(=O)c3ccc(C)cc3C2=O)s1. The molecule has 1 aliphatic rings. The fourth-order valence-electron chi connectivity index (χ4n) is 2.74. The Labute approximate surface area is 155 Å². The highest BCUT2D eigenvalue weighted by atomic mass is 32.1. The minimum Gasteiger partial charge on any atom is -0.300 e. The van der Waals surface area contributed by atoms with Gasteiger partial charge in [0.05, 0.1) is 11.1 Å². The molecule has 0 fully saturated rings.